The minimum atomic E-state index is -0.393. The van der Waals surface area contributed by atoms with Gasteiger partial charge in [0.05, 0.1) is 24.3 Å². The van der Waals surface area contributed by atoms with E-state index in [1.165, 1.54) is 7.11 Å². The zero-order valence-electron chi connectivity index (χ0n) is 15.2. The van der Waals surface area contributed by atoms with E-state index in [9.17, 15) is 9.59 Å². The Bertz CT molecular complexity index is 781. The van der Waals surface area contributed by atoms with Crippen molar-refractivity contribution in [3.8, 4) is 0 Å². The summed E-state index contributed by atoms with van der Waals surface area (Å²) < 4.78 is 15.8. The number of methoxy groups -OCH3 is 1. The van der Waals surface area contributed by atoms with Crippen molar-refractivity contribution in [3.05, 3.63) is 65.2 Å². The first-order chi connectivity index (χ1) is 13.2. The first-order valence-electron chi connectivity index (χ1n) is 8.85. The molecule has 27 heavy (non-hydrogen) atoms. The van der Waals surface area contributed by atoms with E-state index in [-0.39, 0.29) is 18.7 Å². The minimum absolute atomic E-state index is 0.144. The van der Waals surface area contributed by atoms with Crippen LogP contribution >= 0.6 is 11.8 Å². The fraction of sp³-hybridized carbons (Fsp3) is 0.333. The molecule has 0 aromatic heterocycles. The molecule has 0 aliphatic carbocycles. The van der Waals surface area contributed by atoms with Gasteiger partial charge in [-0.05, 0) is 42.7 Å². The Labute approximate surface area is 163 Å². The third kappa shape index (κ3) is 5.34. The van der Waals surface area contributed by atoms with Crippen LogP contribution in [0.25, 0.3) is 0 Å². The maximum absolute atomic E-state index is 12.5. The van der Waals surface area contributed by atoms with Gasteiger partial charge in [-0.2, -0.15) is 0 Å². The molecule has 0 bridgehead atoms. The maximum Gasteiger partial charge on any atom is 0.339 e. The van der Waals surface area contributed by atoms with E-state index >= 15 is 0 Å². The van der Waals surface area contributed by atoms with Crippen molar-refractivity contribution < 1.29 is 23.8 Å². The summed E-state index contributed by atoms with van der Waals surface area (Å²) in [6.45, 7) is 0.967. The molecular formula is C21H22O5S. The molecule has 0 radical (unpaired) electrons. The van der Waals surface area contributed by atoms with E-state index < -0.39 is 5.97 Å². The van der Waals surface area contributed by atoms with Crippen molar-refractivity contribution >= 4 is 23.7 Å². The van der Waals surface area contributed by atoms with Gasteiger partial charge in [0.15, 0.2) is 0 Å². The number of ether oxygens (including phenoxy) is 3. The van der Waals surface area contributed by atoms with Gasteiger partial charge in [0.2, 0.25) is 0 Å². The summed E-state index contributed by atoms with van der Waals surface area (Å²) in [5.41, 5.74) is 1.83. The summed E-state index contributed by atoms with van der Waals surface area (Å²) in [7, 11) is 1.34. The quantitative estimate of drug-likeness (QED) is 0.527. The maximum atomic E-state index is 12.5. The SMILES string of the molecule is COC(=O)c1ccc(COC(=O)c2ccccc2SC[C@H]2CCCO2)cc1. The van der Waals surface area contributed by atoms with Crippen LogP contribution in [0.3, 0.4) is 0 Å². The second kappa shape index (κ2) is 9.58. The van der Waals surface area contributed by atoms with Crippen LogP contribution in [0, 0.1) is 0 Å². The normalized spacial score (nSPS) is 16.1. The Balaban J connectivity index is 1.58. The number of esters is 2. The molecular weight excluding hydrogens is 364 g/mol. The summed E-state index contributed by atoms with van der Waals surface area (Å²) in [4.78, 5) is 24.9. The third-order valence-corrected chi connectivity index (χ3v) is 5.51. The molecule has 2 aromatic rings. The number of benzene rings is 2. The van der Waals surface area contributed by atoms with Crippen LogP contribution in [0.4, 0.5) is 0 Å². The summed E-state index contributed by atoms with van der Waals surface area (Å²) >= 11 is 1.62. The number of hydrogen-bond donors (Lipinski definition) is 0. The van der Waals surface area contributed by atoms with E-state index in [1.807, 2.05) is 18.2 Å². The fourth-order valence-electron chi connectivity index (χ4n) is 2.80. The fourth-order valence-corrected chi connectivity index (χ4v) is 3.91. The summed E-state index contributed by atoms with van der Waals surface area (Å²) in [5.74, 6) is 0.0810. The monoisotopic (exact) mass is 386 g/mol. The van der Waals surface area contributed by atoms with Crippen molar-refractivity contribution in [2.24, 2.45) is 0 Å². The van der Waals surface area contributed by atoms with Gasteiger partial charge in [0.1, 0.15) is 6.61 Å². The van der Waals surface area contributed by atoms with Gasteiger partial charge < -0.3 is 14.2 Å². The Morgan fingerprint density at radius 2 is 1.89 bits per heavy atom. The first kappa shape index (κ1) is 19.5. The molecule has 0 saturated carbocycles. The van der Waals surface area contributed by atoms with Crippen molar-refractivity contribution in [2.45, 2.75) is 30.4 Å². The molecule has 142 valence electrons. The lowest BCUT2D eigenvalue weighted by Gasteiger charge is -2.12. The predicted molar refractivity (Wildman–Crippen MR) is 103 cm³/mol. The Kier molecular flexibility index (Phi) is 6.90. The molecule has 5 nitrogen and oxygen atoms in total. The van der Waals surface area contributed by atoms with Crippen molar-refractivity contribution in [1.29, 1.82) is 0 Å². The molecule has 1 saturated heterocycles. The van der Waals surface area contributed by atoms with Crippen molar-refractivity contribution in [3.63, 3.8) is 0 Å². The van der Waals surface area contributed by atoms with Crippen LogP contribution in [0.1, 0.15) is 39.1 Å². The molecule has 1 atom stereocenters. The van der Waals surface area contributed by atoms with Gasteiger partial charge in [0, 0.05) is 17.3 Å². The van der Waals surface area contributed by atoms with Gasteiger partial charge in [0.25, 0.3) is 0 Å². The van der Waals surface area contributed by atoms with Crippen LogP contribution in [0.2, 0.25) is 0 Å². The molecule has 1 aliphatic rings. The average molecular weight is 386 g/mol. The third-order valence-electron chi connectivity index (χ3n) is 4.30. The molecule has 2 aromatic carbocycles. The molecule has 0 amide bonds. The Morgan fingerprint density at radius 3 is 2.59 bits per heavy atom. The second-order valence-corrected chi connectivity index (χ2v) is 7.27. The highest BCUT2D eigenvalue weighted by molar-refractivity contribution is 7.99. The summed E-state index contributed by atoms with van der Waals surface area (Å²) in [6.07, 6.45) is 2.43. The molecule has 0 unspecified atom stereocenters. The number of carbonyl (C=O) groups is 2. The van der Waals surface area contributed by atoms with E-state index in [0.717, 1.165) is 35.7 Å². The zero-order chi connectivity index (χ0) is 19.1. The summed E-state index contributed by atoms with van der Waals surface area (Å²) in [6, 6.07) is 14.3. The molecule has 1 aliphatic heterocycles. The van der Waals surface area contributed by atoms with Gasteiger partial charge in [-0.1, -0.05) is 24.3 Å². The highest BCUT2D eigenvalue weighted by Crippen LogP contribution is 2.27. The zero-order valence-corrected chi connectivity index (χ0v) is 16.0. The molecule has 1 fully saturated rings. The number of carbonyl (C=O) groups excluding carboxylic acids is 2. The lowest BCUT2D eigenvalue weighted by molar-refractivity contribution is 0.0467. The lowest BCUT2D eigenvalue weighted by atomic mass is 10.1. The van der Waals surface area contributed by atoms with E-state index in [0.29, 0.717) is 11.1 Å². The van der Waals surface area contributed by atoms with Gasteiger partial charge >= 0.3 is 11.9 Å². The molecule has 6 heteroatoms. The number of thioether (sulfide) groups is 1. The van der Waals surface area contributed by atoms with E-state index in [4.69, 9.17) is 9.47 Å². The minimum Gasteiger partial charge on any atom is -0.465 e. The van der Waals surface area contributed by atoms with Crippen LogP contribution in [0.15, 0.2) is 53.4 Å². The van der Waals surface area contributed by atoms with Crippen LogP contribution < -0.4 is 0 Å². The predicted octanol–water partition coefficient (Wildman–Crippen LogP) is 4.10. The topological polar surface area (TPSA) is 61.8 Å². The molecule has 3 rings (SSSR count). The Hall–Kier alpha value is -2.31. The standard InChI is InChI=1S/C21H22O5S/c1-24-20(22)16-10-8-15(9-11-16)13-26-21(23)18-6-2-3-7-19(18)27-14-17-5-4-12-25-17/h2-3,6-11,17H,4-5,12-14H2,1H3/t17-/m1/s1. The van der Waals surface area contributed by atoms with Crippen molar-refractivity contribution in [1.82, 2.24) is 0 Å². The largest absolute Gasteiger partial charge is 0.465 e. The number of rotatable bonds is 7. The van der Waals surface area contributed by atoms with E-state index in [2.05, 4.69) is 4.74 Å². The van der Waals surface area contributed by atoms with Crippen molar-refractivity contribution in [2.75, 3.05) is 19.5 Å². The molecule has 0 spiro atoms. The van der Waals surface area contributed by atoms with E-state index in [1.54, 1.807) is 42.1 Å². The van der Waals surface area contributed by atoms with Gasteiger partial charge in [-0.15, -0.1) is 11.8 Å². The van der Waals surface area contributed by atoms with Crippen LogP contribution in [-0.2, 0) is 20.8 Å². The summed E-state index contributed by atoms with van der Waals surface area (Å²) in [5, 5.41) is 0. The van der Waals surface area contributed by atoms with Crippen LogP contribution in [-0.4, -0.2) is 37.5 Å². The second-order valence-electron chi connectivity index (χ2n) is 6.21. The van der Waals surface area contributed by atoms with Crippen LogP contribution in [0.5, 0.6) is 0 Å². The van der Waals surface area contributed by atoms with Gasteiger partial charge in [-0.3, -0.25) is 0 Å². The average Bonchev–Trinajstić information content (AvgIpc) is 3.24. The smallest absolute Gasteiger partial charge is 0.339 e. The van der Waals surface area contributed by atoms with Gasteiger partial charge in [-0.25, -0.2) is 9.59 Å². The molecule has 0 N–H and O–H groups in total. The number of hydrogen-bond acceptors (Lipinski definition) is 6. The Morgan fingerprint density at radius 1 is 1.11 bits per heavy atom. The lowest BCUT2D eigenvalue weighted by Crippen LogP contribution is -2.10. The molecule has 1 heterocycles. The first-order valence-corrected chi connectivity index (χ1v) is 9.83. The highest BCUT2D eigenvalue weighted by Gasteiger charge is 2.18. The highest BCUT2D eigenvalue weighted by atomic mass is 32.2.